The van der Waals surface area contributed by atoms with Gasteiger partial charge in [0.1, 0.15) is 5.82 Å². The molecule has 34 heavy (non-hydrogen) atoms. The van der Waals surface area contributed by atoms with Crippen LogP contribution in [-0.4, -0.2) is 45.7 Å². The summed E-state index contributed by atoms with van der Waals surface area (Å²) in [4.78, 5) is 25.9. The highest BCUT2D eigenvalue weighted by Gasteiger charge is 2.54. The molecule has 0 saturated heterocycles. The van der Waals surface area contributed by atoms with Crippen molar-refractivity contribution in [3.63, 3.8) is 0 Å². The summed E-state index contributed by atoms with van der Waals surface area (Å²) in [6, 6.07) is 3.91. The van der Waals surface area contributed by atoms with Gasteiger partial charge in [0.15, 0.2) is 11.4 Å². The van der Waals surface area contributed by atoms with E-state index in [-0.39, 0.29) is 37.0 Å². The molecule has 1 heterocycles. The Hall–Kier alpha value is -2.72. The van der Waals surface area contributed by atoms with Crippen LogP contribution in [0.4, 0.5) is 23.2 Å². The van der Waals surface area contributed by atoms with E-state index >= 15 is 0 Å². The summed E-state index contributed by atoms with van der Waals surface area (Å²) in [5.41, 5.74) is -0.140. The summed E-state index contributed by atoms with van der Waals surface area (Å²) in [5.74, 6) is -1.11. The van der Waals surface area contributed by atoms with E-state index in [2.05, 4.69) is 10.6 Å². The Morgan fingerprint density at radius 2 is 1.79 bits per heavy atom. The molecular formula is C24H29F4N3O3. The minimum absolute atomic E-state index is 0.0964. The summed E-state index contributed by atoms with van der Waals surface area (Å²) >= 11 is 0. The number of aryl methyl sites for hydroxylation is 1. The van der Waals surface area contributed by atoms with Gasteiger partial charge in [0.25, 0.3) is 5.91 Å². The van der Waals surface area contributed by atoms with E-state index in [0.29, 0.717) is 33.8 Å². The second-order valence-corrected chi connectivity index (χ2v) is 9.02. The van der Waals surface area contributed by atoms with Crippen molar-refractivity contribution in [2.24, 2.45) is 7.05 Å². The molecule has 3 rings (SSSR count). The standard InChI is InChI=1S/C24H29F4N3O3/c1-13-11-17(5-6-18(13)25)30-22(33)20-14(2)21(31(4)15(20)3)19(32)12-29-16-7-9-23(34,10-8-16)24(26,27)28/h5-6,11,16,29,34H,7-10,12H2,1-4H3,(H,30,33)/t16-,23+. The van der Waals surface area contributed by atoms with E-state index in [9.17, 15) is 32.3 Å². The summed E-state index contributed by atoms with van der Waals surface area (Å²) in [5, 5.41) is 15.5. The Kier molecular flexibility index (Phi) is 7.23. The predicted octanol–water partition coefficient (Wildman–Crippen LogP) is 4.35. The van der Waals surface area contributed by atoms with Crippen molar-refractivity contribution in [1.82, 2.24) is 9.88 Å². The molecule has 3 N–H and O–H groups in total. The summed E-state index contributed by atoms with van der Waals surface area (Å²) in [7, 11) is 1.67. The predicted molar refractivity (Wildman–Crippen MR) is 120 cm³/mol. The van der Waals surface area contributed by atoms with Crippen molar-refractivity contribution >= 4 is 17.4 Å². The Morgan fingerprint density at radius 3 is 2.35 bits per heavy atom. The third kappa shape index (κ3) is 5.02. The number of hydrogen-bond donors (Lipinski definition) is 3. The van der Waals surface area contributed by atoms with Crippen LogP contribution >= 0.6 is 0 Å². The van der Waals surface area contributed by atoms with Crippen LogP contribution in [-0.2, 0) is 7.05 Å². The number of benzene rings is 1. The van der Waals surface area contributed by atoms with E-state index in [1.807, 2.05) is 0 Å². The number of carbonyl (C=O) groups excluding carboxylic acids is 2. The Bertz CT molecular complexity index is 1100. The van der Waals surface area contributed by atoms with Gasteiger partial charge in [-0.25, -0.2) is 4.39 Å². The van der Waals surface area contributed by atoms with E-state index in [4.69, 9.17) is 0 Å². The van der Waals surface area contributed by atoms with Gasteiger partial charge in [-0.3, -0.25) is 9.59 Å². The van der Waals surface area contributed by atoms with E-state index < -0.39 is 30.5 Å². The molecule has 2 aromatic rings. The molecule has 1 aromatic carbocycles. The number of Topliss-reactive ketones (excluding diaryl/α,β-unsaturated/α-hetero) is 1. The fourth-order valence-corrected chi connectivity index (χ4v) is 4.53. The molecule has 186 valence electrons. The van der Waals surface area contributed by atoms with E-state index in [1.54, 1.807) is 32.4 Å². The van der Waals surface area contributed by atoms with Gasteiger partial charge in [-0.05, 0) is 75.8 Å². The summed E-state index contributed by atoms with van der Waals surface area (Å²) in [6.07, 6.45) is -5.32. The van der Waals surface area contributed by atoms with Crippen LogP contribution in [0.3, 0.4) is 0 Å². The Morgan fingerprint density at radius 1 is 1.18 bits per heavy atom. The number of rotatable bonds is 6. The first-order valence-electron chi connectivity index (χ1n) is 11.0. The fraction of sp³-hybridized carbons (Fsp3) is 0.500. The highest BCUT2D eigenvalue weighted by atomic mass is 19.4. The van der Waals surface area contributed by atoms with Crippen LogP contribution in [0.1, 0.15) is 63.4 Å². The van der Waals surface area contributed by atoms with Crippen LogP contribution in [0.2, 0.25) is 0 Å². The average molecular weight is 484 g/mol. The number of hydrogen-bond acceptors (Lipinski definition) is 4. The van der Waals surface area contributed by atoms with Gasteiger partial charge in [0.05, 0.1) is 17.8 Å². The van der Waals surface area contributed by atoms with Gasteiger partial charge in [-0.2, -0.15) is 13.2 Å². The minimum Gasteiger partial charge on any atom is -0.380 e. The second-order valence-electron chi connectivity index (χ2n) is 9.02. The van der Waals surface area contributed by atoms with Crippen LogP contribution in [0.15, 0.2) is 18.2 Å². The van der Waals surface area contributed by atoms with Gasteiger partial charge in [0, 0.05) is 24.5 Å². The maximum Gasteiger partial charge on any atom is 0.417 e. The molecule has 6 nitrogen and oxygen atoms in total. The zero-order valence-corrected chi connectivity index (χ0v) is 19.6. The third-order valence-corrected chi connectivity index (χ3v) is 6.73. The molecule has 1 saturated carbocycles. The van der Waals surface area contributed by atoms with Crippen LogP contribution < -0.4 is 10.6 Å². The lowest BCUT2D eigenvalue weighted by atomic mass is 9.81. The molecule has 0 atom stereocenters. The molecule has 0 radical (unpaired) electrons. The van der Waals surface area contributed by atoms with Gasteiger partial charge in [0.2, 0.25) is 0 Å². The van der Waals surface area contributed by atoms with Crippen molar-refractivity contribution in [2.45, 2.75) is 64.3 Å². The van der Waals surface area contributed by atoms with Crippen molar-refractivity contribution in [2.75, 3.05) is 11.9 Å². The number of amides is 1. The molecule has 10 heteroatoms. The normalized spacial score (nSPS) is 20.9. The van der Waals surface area contributed by atoms with Crippen LogP contribution in [0.5, 0.6) is 0 Å². The molecule has 1 aliphatic carbocycles. The molecule has 0 unspecified atom stereocenters. The SMILES string of the molecule is Cc1cc(NC(=O)c2c(C)c(C(=O)CN[C@H]3CC[C@](O)(C(F)(F)F)CC3)n(C)c2C)ccc1F. The molecular weight excluding hydrogens is 454 g/mol. The summed E-state index contributed by atoms with van der Waals surface area (Å²) in [6.45, 7) is 4.85. The maximum atomic E-state index is 13.5. The maximum absolute atomic E-state index is 13.5. The first-order valence-corrected chi connectivity index (χ1v) is 11.0. The molecule has 0 aliphatic heterocycles. The van der Waals surface area contributed by atoms with E-state index in [0.717, 1.165) is 0 Å². The summed E-state index contributed by atoms with van der Waals surface area (Å²) < 4.78 is 54.1. The highest BCUT2D eigenvalue weighted by molar-refractivity contribution is 6.09. The zero-order chi connectivity index (χ0) is 25.4. The number of aromatic nitrogens is 1. The van der Waals surface area contributed by atoms with Crippen LogP contribution in [0, 0.1) is 26.6 Å². The average Bonchev–Trinajstić information content (AvgIpc) is 2.97. The smallest absolute Gasteiger partial charge is 0.380 e. The lowest BCUT2D eigenvalue weighted by Gasteiger charge is -2.37. The first kappa shape index (κ1) is 25.9. The second kappa shape index (κ2) is 9.50. The van der Waals surface area contributed by atoms with Crippen molar-refractivity contribution in [3.8, 4) is 0 Å². The largest absolute Gasteiger partial charge is 0.417 e. The molecule has 1 aliphatic rings. The lowest BCUT2D eigenvalue weighted by molar-refractivity contribution is -0.270. The zero-order valence-electron chi connectivity index (χ0n) is 19.6. The van der Waals surface area contributed by atoms with Gasteiger partial charge in [-0.15, -0.1) is 0 Å². The number of alkyl halides is 3. The monoisotopic (exact) mass is 483 g/mol. The number of anilines is 1. The number of carbonyl (C=O) groups is 2. The fourth-order valence-electron chi connectivity index (χ4n) is 4.53. The third-order valence-electron chi connectivity index (χ3n) is 6.73. The van der Waals surface area contributed by atoms with Crippen LogP contribution in [0.25, 0.3) is 0 Å². The lowest BCUT2D eigenvalue weighted by Crippen LogP contribution is -2.51. The van der Waals surface area contributed by atoms with E-state index in [1.165, 1.54) is 18.2 Å². The molecule has 0 bridgehead atoms. The van der Waals surface area contributed by atoms with Crippen molar-refractivity contribution in [3.05, 3.63) is 52.1 Å². The molecule has 0 spiro atoms. The van der Waals surface area contributed by atoms with Gasteiger partial charge < -0.3 is 20.3 Å². The number of nitrogens with one attached hydrogen (secondary N) is 2. The van der Waals surface area contributed by atoms with Crippen molar-refractivity contribution in [1.29, 1.82) is 0 Å². The van der Waals surface area contributed by atoms with Crippen molar-refractivity contribution < 1.29 is 32.3 Å². The Balaban J connectivity index is 1.68. The molecule has 1 aromatic heterocycles. The van der Waals surface area contributed by atoms with Gasteiger partial charge in [-0.1, -0.05) is 0 Å². The number of nitrogens with zero attached hydrogens (tertiary/aromatic N) is 1. The highest BCUT2D eigenvalue weighted by Crippen LogP contribution is 2.41. The molecule has 1 fully saturated rings. The number of halogens is 4. The molecule has 1 amide bonds. The first-order chi connectivity index (χ1) is 15.7. The quantitative estimate of drug-likeness (QED) is 0.422. The number of ketones is 1. The number of aliphatic hydroxyl groups is 1. The van der Waals surface area contributed by atoms with Gasteiger partial charge >= 0.3 is 6.18 Å². The Labute approximate surface area is 195 Å². The topological polar surface area (TPSA) is 83.4 Å². The minimum atomic E-state index is -4.67.